The molecule has 2 heterocycles. The maximum absolute atomic E-state index is 4.83. The summed E-state index contributed by atoms with van der Waals surface area (Å²) in [5.41, 5.74) is 4.73. The first-order chi connectivity index (χ1) is 11.3. The lowest BCUT2D eigenvalue weighted by atomic mass is 10.2. The van der Waals surface area contributed by atoms with E-state index in [0.717, 1.165) is 17.9 Å². The first-order valence-corrected chi connectivity index (χ1v) is 8.33. The maximum atomic E-state index is 4.83. The molecule has 4 aromatic rings. The van der Waals surface area contributed by atoms with Crippen molar-refractivity contribution in [1.82, 2.24) is 14.3 Å². The molecule has 0 saturated heterocycles. The van der Waals surface area contributed by atoms with Crippen molar-refractivity contribution >= 4 is 21.9 Å². The zero-order valence-electron chi connectivity index (χ0n) is 13.7. The molecular formula is C20H21N3. The number of hydrogen-bond acceptors (Lipinski definition) is 1. The third-order valence-corrected chi connectivity index (χ3v) is 4.49. The average Bonchev–Trinajstić information content (AvgIpc) is 3.10. The Morgan fingerprint density at radius 3 is 2.48 bits per heavy atom. The van der Waals surface area contributed by atoms with Crippen LogP contribution in [-0.4, -0.2) is 14.3 Å². The van der Waals surface area contributed by atoms with Crippen LogP contribution in [0, 0.1) is 6.92 Å². The molecule has 0 aliphatic rings. The average molecular weight is 303 g/mol. The first kappa shape index (κ1) is 14.1. The Morgan fingerprint density at radius 2 is 1.70 bits per heavy atom. The van der Waals surface area contributed by atoms with Crippen LogP contribution < -0.4 is 0 Å². The van der Waals surface area contributed by atoms with Crippen LogP contribution in [0.4, 0.5) is 0 Å². The van der Waals surface area contributed by atoms with Crippen molar-refractivity contribution in [2.24, 2.45) is 0 Å². The summed E-state index contributed by atoms with van der Waals surface area (Å²) in [4.78, 5) is 0. The van der Waals surface area contributed by atoms with Gasteiger partial charge in [0, 0.05) is 17.3 Å². The summed E-state index contributed by atoms with van der Waals surface area (Å²) in [7, 11) is 0. The number of nitrogens with zero attached hydrogens (tertiary/aromatic N) is 3. The van der Waals surface area contributed by atoms with Crippen LogP contribution in [0.15, 0.2) is 54.6 Å². The minimum Gasteiger partial charge on any atom is -0.325 e. The molecule has 0 atom stereocenters. The molecule has 0 bridgehead atoms. The van der Waals surface area contributed by atoms with E-state index in [9.17, 15) is 0 Å². The number of fused-ring (bicyclic) bond motifs is 3. The van der Waals surface area contributed by atoms with Gasteiger partial charge in [0.15, 0.2) is 0 Å². The summed E-state index contributed by atoms with van der Waals surface area (Å²) in [6.07, 6.45) is 2.36. The normalized spacial score (nSPS) is 11.6. The highest BCUT2D eigenvalue weighted by Gasteiger charge is 2.18. The summed E-state index contributed by atoms with van der Waals surface area (Å²) in [6.45, 7) is 5.37. The van der Waals surface area contributed by atoms with Crippen LogP contribution >= 0.6 is 0 Å². The Bertz CT molecular complexity index is 961. The van der Waals surface area contributed by atoms with Crippen LogP contribution in [0.3, 0.4) is 0 Å². The molecule has 3 nitrogen and oxygen atoms in total. The molecule has 116 valence electrons. The number of hydrogen-bond donors (Lipinski definition) is 0. The minimum absolute atomic E-state index is 1.03. The lowest BCUT2D eigenvalue weighted by molar-refractivity contribution is 0.652. The number of unbranched alkanes of at least 4 members (excludes halogenated alkanes) is 1. The van der Waals surface area contributed by atoms with Crippen LogP contribution in [-0.2, 0) is 6.54 Å². The van der Waals surface area contributed by atoms with Gasteiger partial charge < -0.3 is 4.57 Å². The van der Waals surface area contributed by atoms with Gasteiger partial charge in [0.1, 0.15) is 5.65 Å². The Balaban J connectivity index is 2.09. The number of rotatable bonds is 4. The van der Waals surface area contributed by atoms with Gasteiger partial charge in [0.2, 0.25) is 0 Å². The zero-order valence-corrected chi connectivity index (χ0v) is 13.7. The van der Waals surface area contributed by atoms with Gasteiger partial charge >= 0.3 is 0 Å². The van der Waals surface area contributed by atoms with Gasteiger partial charge in [-0.25, -0.2) is 4.68 Å². The van der Waals surface area contributed by atoms with Crippen molar-refractivity contribution in [3.05, 3.63) is 60.3 Å². The SMILES string of the molecule is CCCCn1c2ccccc2c2c(C)nn(-c3ccccc3)c21. The van der Waals surface area contributed by atoms with Crippen molar-refractivity contribution in [2.75, 3.05) is 0 Å². The molecule has 0 unspecified atom stereocenters. The van der Waals surface area contributed by atoms with E-state index in [1.807, 2.05) is 6.07 Å². The predicted octanol–water partition coefficient (Wildman–Crippen LogP) is 5.09. The van der Waals surface area contributed by atoms with Gasteiger partial charge in [-0.1, -0.05) is 49.7 Å². The van der Waals surface area contributed by atoms with Crippen molar-refractivity contribution in [1.29, 1.82) is 0 Å². The smallest absolute Gasteiger partial charge is 0.145 e. The zero-order chi connectivity index (χ0) is 15.8. The van der Waals surface area contributed by atoms with Crippen molar-refractivity contribution in [3.8, 4) is 5.69 Å². The number of benzene rings is 2. The molecule has 0 N–H and O–H groups in total. The summed E-state index contributed by atoms with van der Waals surface area (Å²) in [5, 5.41) is 7.42. The number of para-hydroxylation sites is 2. The Kier molecular flexibility index (Phi) is 3.41. The third-order valence-electron chi connectivity index (χ3n) is 4.49. The summed E-state index contributed by atoms with van der Waals surface area (Å²) in [5.74, 6) is 0. The summed E-state index contributed by atoms with van der Waals surface area (Å²) >= 11 is 0. The standard InChI is InChI=1S/C20H21N3/c1-3-4-14-22-18-13-9-8-12-17(18)19-15(2)21-23(20(19)22)16-10-6-5-7-11-16/h5-13H,3-4,14H2,1-2H3. The second kappa shape index (κ2) is 5.58. The lowest BCUT2D eigenvalue weighted by Crippen LogP contribution is -2.04. The van der Waals surface area contributed by atoms with E-state index >= 15 is 0 Å². The lowest BCUT2D eigenvalue weighted by Gasteiger charge is -2.09. The van der Waals surface area contributed by atoms with Crippen LogP contribution in [0.1, 0.15) is 25.5 Å². The van der Waals surface area contributed by atoms with E-state index in [0.29, 0.717) is 0 Å². The van der Waals surface area contributed by atoms with Gasteiger partial charge in [-0.05, 0) is 31.5 Å². The van der Waals surface area contributed by atoms with E-state index < -0.39 is 0 Å². The Hall–Kier alpha value is -2.55. The van der Waals surface area contributed by atoms with Gasteiger partial charge in [-0.2, -0.15) is 5.10 Å². The molecule has 23 heavy (non-hydrogen) atoms. The van der Waals surface area contributed by atoms with Crippen molar-refractivity contribution < 1.29 is 0 Å². The quantitative estimate of drug-likeness (QED) is 0.515. The van der Waals surface area contributed by atoms with Crippen molar-refractivity contribution in [2.45, 2.75) is 33.2 Å². The molecule has 0 spiro atoms. The maximum Gasteiger partial charge on any atom is 0.145 e. The van der Waals surface area contributed by atoms with Gasteiger partial charge in [0.05, 0.1) is 16.9 Å². The molecular weight excluding hydrogens is 282 g/mol. The molecule has 0 aliphatic carbocycles. The second-order valence-corrected chi connectivity index (χ2v) is 6.05. The van der Waals surface area contributed by atoms with Gasteiger partial charge in [-0.15, -0.1) is 0 Å². The fourth-order valence-corrected chi connectivity index (χ4v) is 3.41. The molecule has 3 heteroatoms. The van der Waals surface area contributed by atoms with E-state index in [2.05, 4.69) is 71.6 Å². The van der Waals surface area contributed by atoms with Crippen LogP contribution in [0.5, 0.6) is 0 Å². The molecule has 0 saturated carbocycles. The highest BCUT2D eigenvalue weighted by atomic mass is 15.3. The molecule has 2 aromatic heterocycles. The molecule has 0 amide bonds. The third kappa shape index (κ3) is 2.15. The Labute approximate surface area is 136 Å². The van der Waals surface area contributed by atoms with E-state index in [1.165, 1.54) is 34.8 Å². The van der Waals surface area contributed by atoms with E-state index in [1.54, 1.807) is 0 Å². The largest absolute Gasteiger partial charge is 0.325 e. The topological polar surface area (TPSA) is 22.8 Å². The highest BCUT2D eigenvalue weighted by molar-refractivity contribution is 6.08. The summed E-state index contributed by atoms with van der Waals surface area (Å²) < 4.78 is 4.53. The number of aryl methyl sites for hydroxylation is 2. The fraction of sp³-hybridized carbons (Fsp3) is 0.250. The van der Waals surface area contributed by atoms with Gasteiger partial charge in [-0.3, -0.25) is 0 Å². The predicted molar refractivity (Wildman–Crippen MR) is 96.2 cm³/mol. The number of aromatic nitrogens is 3. The molecule has 0 radical (unpaired) electrons. The van der Waals surface area contributed by atoms with E-state index in [4.69, 9.17) is 5.10 Å². The Morgan fingerprint density at radius 1 is 0.957 bits per heavy atom. The molecule has 2 aromatic carbocycles. The monoisotopic (exact) mass is 303 g/mol. The summed E-state index contributed by atoms with van der Waals surface area (Å²) in [6, 6.07) is 19.1. The molecule has 0 fully saturated rings. The minimum atomic E-state index is 1.03. The van der Waals surface area contributed by atoms with E-state index in [-0.39, 0.29) is 0 Å². The fourth-order valence-electron chi connectivity index (χ4n) is 3.41. The molecule has 0 aliphatic heterocycles. The first-order valence-electron chi connectivity index (χ1n) is 8.33. The van der Waals surface area contributed by atoms with Gasteiger partial charge in [0.25, 0.3) is 0 Å². The van der Waals surface area contributed by atoms with Crippen LogP contribution in [0.25, 0.3) is 27.6 Å². The second-order valence-electron chi connectivity index (χ2n) is 6.05. The molecule has 4 rings (SSSR count). The van der Waals surface area contributed by atoms with Crippen molar-refractivity contribution in [3.63, 3.8) is 0 Å². The van der Waals surface area contributed by atoms with Crippen LogP contribution in [0.2, 0.25) is 0 Å². The highest BCUT2D eigenvalue weighted by Crippen LogP contribution is 2.33.